The molecule has 0 spiro atoms. The maximum Gasteiger partial charge on any atom is 0.410 e. The van der Waals surface area contributed by atoms with Crippen LogP contribution in [0.4, 0.5) is 4.79 Å². The second kappa shape index (κ2) is 8.34. The third-order valence-electron chi connectivity index (χ3n) is 4.71. The van der Waals surface area contributed by atoms with Crippen molar-refractivity contribution in [3.8, 4) is 0 Å². The summed E-state index contributed by atoms with van der Waals surface area (Å²) in [6, 6.07) is 0.735. The highest BCUT2D eigenvalue weighted by molar-refractivity contribution is 5.68. The van der Waals surface area contributed by atoms with Crippen LogP contribution in [0.1, 0.15) is 53.4 Å². The summed E-state index contributed by atoms with van der Waals surface area (Å²) in [6.45, 7) is 13.7. The average Bonchev–Trinajstić information content (AvgIpc) is 3.31. The van der Waals surface area contributed by atoms with E-state index in [0.717, 1.165) is 51.2 Å². The summed E-state index contributed by atoms with van der Waals surface area (Å²) < 4.78 is 5.44. The van der Waals surface area contributed by atoms with Gasteiger partial charge in [0.25, 0.3) is 0 Å². The molecule has 1 N–H and O–H groups in total. The first-order valence-electron chi connectivity index (χ1n) is 9.32. The minimum atomic E-state index is -0.405. The summed E-state index contributed by atoms with van der Waals surface area (Å²) in [5, 5.41) is 3.71. The SMILES string of the molecule is CCC(NCCCN1CCN(C(=O)OC(C)(C)C)CC1)C1CC1. The number of carbonyl (C=O) groups is 1. The van der Waals surface area contributed by atoms with Crippen LogP contribution in [0, 0.1) is 5.92 Å². The maximum absolute atomic E-state index is 12.0. The molecule has 0 bridgehead atoms. The fraction of sp³-hybridized carbons (Fsp3) is 0.944. The van der Waals surface area contributed by atoms with Gasteiger partial charge < -0.3 is 15.0 Å². The van der Waals surface area contributed by atoms with Crippen molar-refractivity contribution in [2.24, 2.45) is 5.92 Å². The molecule has 0 aromatic rings. The highest BCUT2D eigenvalue weighted by atomic mass is 16.6. The molecule has 2 aliphatic rings. The van der Waals surface area contributed by atoms with Crippen LogP contribution in [0.3, 0.4) is 0 Å². The normalized spacial score (nSPS) is 21.3. The fourth-order valence-electron chi connectivity index (χ4n) is 3.21. The van der Waals surface area contributed by atoms with Crippen LogP contribution in [0.25, 0.3) is 0 Å². The number of hydrogen-bond acceptors (Lipinski definition) is 4. The molecule has 1 aliphatic carbocycles. The van der Waals surface area contributed by atoms with Crippen LogP contribution in [0.15, 0.2) is 0 Å². The molecule has 0 aromatic heterocycles. The number of piperazine rings is 1. The van der Waals surface area contributed by atoms with E-state index in [1.54, 1.807) is 0 Å². The van der Waals surface area contributed by atoms with Gasteiger partial charge in [0.15, 0.2) is 0 Å². The molecular weight excluding hydrogens is 290 g/mol. The van der Waals surface area contributed by atoms with E-state index in [1.165, 1.54) is 25.7 Å². The van der Waals surface area contributed by atoms with Crippen LogP contribution >= 0.6 is 0 Å². The van der Waals surface area contributed by atoms with E-state index in [2.05, 4.69) is 17.1 Å². The number of rotatable bonds is 7. The zero-order chi connectivity index (χ0) is 16.9. The van der Waals surface area contributed by atoms with E-state index in [9.17, 15) is 4.79 Å². The molecule has 1 saturated heterocycles. The number of ether oxygens (including phenoxy) is 1. The lowest BCUT2D eigenvalue weighted by atomic mass is 10.1. The Morgan fingerprint density at radius 3 is 2.39 bits per heavy atom. The summed E-state index contributed by atoms with van der Waals surface area (Å²) in [5.41, 5.74) is -0.405. The Morgan fingerprint density at radius 2 is 1.87 bits per heavy atom. The molecule has 2 rings (SSSR count). The largest absolute Gasteiger partial charge is 0.444 e. The number of nitrogens with zero attached hydrogens (tertiary/aromatic N) is 2. The van der Waals surface area contributed by atoms with Gasteiger partial charge in [-0.1, -0.05) is 6.92 Å². The molecule has 1 heterocycles. The van der Waals surface area contributed by atoms with Crippen molar-refractivity contribution in [1.82, 2.24) is 15.1 Å². The Kier molecular flexibility index (Phi) is 6.72. The highest BCUT2D eigenvalue weighted by Crippen LogP contribution is 2.33. The summed E-state index contributed by atoms with van der Waals surface area (Å²) in [4.78, 5) is 16.3. The van der Waals surface area contributed by atoms with Crippen LogP contribution in [0.5, 0.6) is 0 Å². The minimum Gasteiger partial charge on any atom is -0.444 e. The van der Waals surface area contributed by atoms with Crippen molar-refractivity contribution in [1.29, 1.82) is 0 Å². The van der Waals surface area contributed by atoms with E-state index >= 15 is 0 Å². The predicted octanol–water partition coefficient (Wildman–Crippen LogP) is 2.71. The molecule has 0 radical (unpaired) electrons. The lowest BCUT2D eigenvalue weighted by Crippen LogP contribution is -2.50. The standard InChI is InChI=1S/C18H35N3O2/c1-5-16(15-7-8-15)19-9-6-10-20-11-13-21(14-12-20)17(22)23-18(2,3)4/h15-16,19H,5-14H2,1-4H3. The van der Waals surface area contributed by atoms with E-state index < -0.39 is 5.60 Å². The molecule has 5 nitrogen and oxygen atoms in total. The van der Waals surface area contributed by atoms with Gasteiger partial charge in [-0.05, 0) is 65.5 Å². The molecule has 1 unspecified atom stereocenters. The predicted molar refractivity (Wildman–Crippen MR) is 93.7 cm³/mol. The van der Waals surface area contributed by atoms with E-state index in [-0.39, 0.29) is 6.09 Å². The average molecular weight is 325 g/mol. The first-order chi connectivity index (χ1) is 10.9. The van der Waals surface area contributed by atoms with Gasteiger partial charge in [-0.25, -0.2) is 4.79 Å². The van der Waals surface area contributed by atoms with Gasteiger partial charge >= 0.3 is 6.09 Å². The van der Waals surface area contributed by atoms with Gasteiger partial charge in [-0.3, -0.25) is 4.90 Å². The van der Waals surface area contributed by atoms with Crippen LogP contribution in [-0.4, -0.2) is 66.8 Å². The highest BCUT2D eigenvalue weighted by Gasteiger charge is 2.29. The van der Waals surface area contributed by atoms with Crippen LogP contribution < -0.4 is 5.32 Å². The third-order valence-corrected chi connectivity index (χ3v) is 4.71. The van der Waals surface area contributed by atoms with E-state index in [4.69, 9.17) is 4.74 Å². The number of carbonyl (C=O) groups excluding carboxylic acids is 1. The molecule has 2 fully saturated rings. The number of hydrogen-bond donors (Lipinski definition) is 1. The van der Waals surface area contributed by atoms with Crippen molar-refractivity contribution in [3.63, 3.8) is 0 Å². The number of amides is 1. The van der Waals surface area contributed by atoms with Crippen LogP contribution in [-0.2, 0) is 4.74 Å². The van der Waals surface area contributed by atoms with E-state index in [0.29, 0.717) is 0 Å². The Hall–Kier alpha value is -0.810. The summed E-state index contributed by atoms with van der Waals surface area (Å²) in [7, 11) is 0. The Labute approximate surface area is 141 Å². The fourth-order valence-corrected chi connectivity index (χ4v) is 3.21. The molecule has 23 heavy (non-hydrogen) atoms. The molecule has 5 heteroatoms. The van der Waals surface area contributed by atoms with Crippen LogP contribution in [0.2, 0.25) is 0 Å². The summed E-state index contributed by atoms with van der Waals surface area (Å²) in [5.74, 6) is 0.942. The van der Waals surface area contributed by atoms with Gasteiger partial charge in [0.2, 0.25) is 0 Å². The van der Waals surface area contributed by atoms with Gasteiger partial charge in [-0.2, -0.15) is 0 Å². The topological polar surface area (TPSA) is 44.8 Å². The van der Waals surface area contributed by atoms with Gasteiger partial charge in [0.05, 0.1) is 0 Å². The third kappa shape index (κ3) is 6.68. The first-order valence-corrected chi connectivity index (χ1v) is 9.32. The van der Waals surface area contributed by atoms with Crippen molar-refractivity contribution in [3.05, 3.63) is 0 Å². The molecule has 1 amide bonds. The van der Waals surface area contributed by atoms with Crippen molar-refractivity contribution < 1.29 is 9.53 Å². The van der Waals surface area contributed by atoms with Crippen molar-refractivity contribution >= 4 is 6.09 Å². The molecular formula is C18H35N3O2. The molecule has 0 aromatic carbocycles. The summed E-state index contributed by atoms with van der Waals surface area (Å²) >= 11 is 0. The van der Waals surface area contributed by atoms with E-state index in [1.807, 2.05) is 25.7 Å². The Morgan fingerprint density at radius 1 is 1.22 bits per heavy atom. The molecule has 134 valence electrons. The summed E-state index contributed by atoms with van der Waals surface area (Å²) in [6.07, 6.45) is 5.10. The van der Waals surface area contributed by atoms with Crippen molar-refractivity contribution in [2.75, 3.05) is 39.3 Å². The Bertz CT molecular complexity index is 369. The van der Waals surface area contributed by atoms with Gasteiger partial charge in [-0.15, -0.1) is 0 Å². The van der Waals surface area contributed by atoms with Crippen molar-refractivity contribution in [2.45, 2.75) is 65.0 Å². The lowest BCUT2D eigenvalue weighted by Gasteiger charge is -2.35. The zero-order valence-corrected chi connectivity index (χ0v) is 15.4. The second-order valence-electron chi connectivity index (χ2n) is 7.97. The first kappa shape index (κ1) is 18.5. The minimum absolute atomic E-state index is 0.172. The monoisotopic (exact) mass is 325 g/mol. The second-order valence-corrected chi connectivity index (χ2v) is 7.97. The quantitative estimate of drug-likeness (QED) is 0.731. The number of nitrogens with one attached hydrogen (secondary N) is 1. The lowest BCUT2D eigenvalue weighted by molar-refractivity contribution is 0.0144. The Balaban J connectivity index is 1.56. The van der Waals surface area contributed by atoms with Gasteiger partial charge in [0, 0.05) is 32.2 Å². The van der Waals surface area contributed by atoms with Gasteiger partial charge in [0.1, 0.15) is 5.60 Å². The molecule has 1 saturated carbocycles. The molecule has 1 atom stereocenters. The zero-order valence-electron chi connectivity index (χ0n) is 15.4. The smallest absolute Gasteiger partial charge is 0.410 e. The maximum atomic E-state index is 12.0. The molecule has 1 aliphatic heterocycles.